The van der Waals surface area contributed by atoms with Crippen molar-refractivity contribution in [3.8, 4) is 11.5 Å². The van der Waals surface area contributed by atoms with Gasteiger partial charge in [-0.15, -0.1) is 0 Å². The normalized spacial score (nSPS) is 22.8. The van der Waals surface area contributed by atoms with Gasteiger partial charge in [-0.25, -0.2) is 0 Å². The van der Waals surface area contributed by atoms with Crippen LogP contribution in [-0.2, 0) is 6.61 Å². The van der Waals surface area contributed by atoms with Crippen LogP contribution in [0.2, 0.25) is 0 Å². The van der Waals surface area contributed by atoms with E-state index in [2.05, 4.69) is 32.0 Å². The fraction of sp³-hybridized carbons (Fsp3) is 0.417. The van der Waals surface area contributed by atoms with Gasteiger partial charge >= 0.3 is 0 Å². The average molecular weight is 539 g/mol. The van der Waals surface area contributed by atoms with Gasteiger partial charge in [0.1, 0.15) is 17.8 Å². The third kappa shape index (κ3) is 7.03. The van der Waals surface area contributed by atoms with Gasteiger partial charge in [0, 0.05) is 16.3 Å². The predicted octanol–water partition coefficient (Wildman–Crippen LogP) is 8.90. The van der Waals surface area contributed by atoms with E-state index in [1.54, 1.807) is 0 Å². The van der Waals surface area contributed by atoms with Crippen LogP contribution in [0.15, 0.2) is 72.8 Å². The molecule has 1 N–H and O–H groups in total. The van der Waals surface area contributed by atoms with Gasteiger partial charge < -0.3 is 14.6 Å². The summed E-state index contributed by atoms with van der Waals surface area (Å²) in [5.41, 5.74) is 1.65. The SMILES string of the molecule is CC1CCC(Oc2cccc3cc(C=O)ccc23)CC1.CC1CCC(Oc2cccc3cc(CO)ccc23)CC1. The lowest BCUT2D eigenvalue weighted by Crippen LogP contribution is -2.23. The van der Waals surface area contributed by atoms with Crippen LogP contribution in [-0.4, -0.2) is 23.6 Å². The summed E-state index contributed by atoms with van der Waals surface area (Å²) < 4.78 is 12.4. The Morgan fingerprint density at radius 2 is 1.18 bits per heavy atom. The molecule has 0 saturated heterocycles. The number of aliphatic hydroxyl groups excluding tert-OH is 1. The zero-order chi connectivity index (χ0) is 27.9. The van der Waals surface area contributed by atoms with E-state index in [4.69, 9.17) is 9.47 Å². The molecule has 40 heavy (non-hydrogen) atoms. The van der Waals surface area contributed by atoms with Crippen molar-refractivity contribution >= 4 is 27.8 Å². The maximum Gasteiger partial charge on any atom is 0.150 e. The first-order valence-electron chi connectivity index (χ1n) is 15.0. The lowest BCUT2D eigenvalue weighted by Gasteiger charge is -2.27. The molecule has 2 aliphatic rings. The quantitative estimate of drug-likeness (QED) is 0.249. The van der Waals surface area contributed by atoms with Crippen LogP contribution in [0, 0.1) is 11.8 Å². The molecule has 2 aliphatic carbocycles. The predicted molar refractivity (Wildman–Crippen MR) is 163 cm³/mol. The second kappa shape index (κ2) is 13.3. The lowest BCUT2D eigenvalue weighted by atomic mass is 9.89. The number of aliphatic hydroxyl groups is 1. The monoisotopic (exact) mass is 538 g/mol. The van der Waals surface area contributed by atoms with Gasteiger partial charge in [-0.1, -0.05) is 56.3 Å². The van der Waals surface area contributed by atoms with Gasteiger partial charge in [-0.3, -0.25) is 4.79 Å². The molecule has 0 bridgehead atoms. The molecule has 2 fully saturated rings. The van der Waals surface area contributed by atoms with Crippen molar-refractivity contribution in [3.05, 3.63) is 83.9 Å². The van der Waals surface area contributed by atoms with Crippen LogP contribution >= 0.6 is 0 Å². The van der Waals surface area contributed by atoms with Crippen molar-refractivity contribution < 1.29 is 19.4 Å². The fourth-order valence-corrected chi connectivity index (χ4v) is 6.01. The zero-order valence-electron chi connectivity index (χ0n) is 23.9. The Bertz CT molecular complexity index is 1410. The Kier molecular flexibility index (Phi) is 9.38. The number of fused-ring (bicyclic) bond motifs is 2. The summed E-state index contributed by atoms with van der Waals surface area (Å²) >= 11 is 0. The molecule has 6 rings (SSSR count). The van der Waals surface area contributed by atoms with Crippen molar-refractivity contribution in [2.75, 3.05) is 0 Å². The van der Waals surface area contributed by atoms with E-state index in [0.29, 0.717) is 17.8 Å². The van der Waals surface area contributed by atoms with Crippen molar-refractivity contribution in [2.45, 2.75) is 84.0 Å². The van der Waals surface area contributed by atoms with Gasteiger partial charge in [-0.2, -0.15) is 0 Å². The minimum Gasteiger partial charge on any atom is -0.490 e. The molecule has 4 aromatic rings. The molecule has 0 radical (unpaired) electrons. The molecule has 4 aromatic carbocycles. The molecule has 0 aliphatic heterocycles. The highest BCUT2D eigenvalue weighted by atomic mass is 16.5. The number of ether oxygens (including phenoxy) is 2. The van der Waals surface area contributed by atoms with Gasteiger partial charge in [0.05, 0.1) is 18.8 Å². The molecule has 0 amide bonds. The van der Waals surface area contributed by atoms with Crippen LogP contribution in [0.3, 0.4) is 0 Å². The summed E-state index contributed by atoms with van der Waals surface area (Å²) in [5.74, 6) is 3.60. The largest absolute Gasteiger partial charge is 0.490 e. The first-order valence-corrected chi connectivity index (χ1v) is 15.0. The highest BCUT2D eigenvalue weighted by Gasteiger charge is 2.21. The molecule has 0 unspecified atom stereocenters. The van der Waals surface area contributed by atoms with Crippen LogP contribution in [0.4, 0.5) is 0 Å². The molecule has 4 nitrogen and oxygen atoms in total. The Morgan fingerprint density at radius 3 is 1.68 bits per heavy atom. The average Bonchev–Trinajstić information content (AvgIpc) is 2.99. The number of aldehydes is 1. The van der Waals surface area contributed by atoms with Crippen LogP contribution in [0.1, 0.15) is 81.1 Å². The van der Waals surface area contributed by atoms with E-state index in [-0.39, 0.29) is 6.61 Å². The second-order valence-corrected chi connectivity index (χ2v) is 11.8. The molecule has 4 heteroatoms. The number of carbonyl (C=O) groups is 1. The Labute approximate surface area is 238 Å². The van der Waals surface area contributed by atoms with E-state index >= 15 is 0 Å². The smallest absolute Gasteiger partial charge is 0.150 e. The molecule has 2 saturated carbocycles. The third-order valence-corrected chi connectivity index (χ3v) is 8.60. The number of hydrogen-bond donors (Lipinski definition) is 1. The Morgan fingerprint density at radius 1 is 0.675 bits per heavy atom. The molecule has 0 heterocycles. The standard InChI is InChI=1S/C18H22O2.C18H20O2/c2*1-13-5-8-16(9-6-13)20-18-4-2-3-15-11-14(12-19)7-10-17(15)18/h2-4,7,10-11,13,16,19H,5-6,8-9,12H2,1H3;2-4,7,10-13,16H,5-6,8-9H2,1H3. The molecular weight excluding hydrogens is 496 g/mol. The lowest BCUT2D eigenvalue weighted by molar-refractivity contribution is 0.112. The van der Waals surface area contributed by atoms with Gasteiger partial charge in [0.25, 0.3) is 0 Å². The van der Waals surface area contributed by atoms with Crippen LogP contribution in [0.5, 0.6) is 11.5 Å². The first kappa shape index (κ1) is 28.2. The number of hydrogen-bond acceptors (Lipinski definition) is 4. The minimum absolute atomic E-state index is 0.0849. The molecule has 0 aromatic heterocycles. The molecule has 0 atom stereocenters. The first-order chi connectivity index (χ1) is 19.5. The highest BCUT2D eigenvalue weighted by molar-refractivity contribution is 5.92. The van der Waals surface area contributed by atoms with Crippen LogP contribution in [0.25, 0.3) is 21.5 Å². The Hall–Kier alpha value is -3.37. The van der Waals surface area contributed by atoms with E-state index in [1.807, 2.05) is 54.6 Å². The van der Waals surface area contributed by atoms with E-state index in [0.717, 1.165) is 82.4 Å². The van der Waals surface area contributed by atoms with Crippen molar-refractivity contribution in [1.29, 1.82) is 0 Å². The third-order valence-electron chi connectivity index (χ3n) is 8.60. The zero-order valence-corrected chi connectivity index (χ0v) is 23.9. The highest BCUT2D eigenvalue weighted by Crippen LogP contribution is 2.33. The summed E-state index contributed by atoms with van der Waals surface area (Å²) in [4.78, 5) is 10.9. The van der Waals surface area contributed by atoms with Crippen molar-refractivity contribution in [2.24, 2.45) is 11.8 Å². The van der Waals surface area contributed by atoms with Crippen molar-refractivity contribution in [1.82, 2.24) is 0 Å². The summed E-state index contributed by atoms with van der Waals surface area (Å²) in [6.07, 6.45) is 11.2. The number of carbonyl (C=O) groups excluding carboxylic acids is 1. The van der Waals surface area contributed by atoms with Gasteiger partial charge in [0.15, 0.2) is 0 Å². The van der Waals surface area contributed by atoms with Crippen molar-refractivity contribution in [3.63, 3.8) is 0 Å². The maximum atomic E-state index is 10.9. The number of rotatable bonds is 6. The molecule has 0 spiro atoms. The summed E-state index contributed by atoms with van der Waals surface area (Å²) in [6, 6.07) is 24.0. The van der Waals surface area contributed by atoms with Gasteiger partial charge in [-0.05, 0) is 110 Å². The van der Waals surface area contributed by atoms with E-state index in [9.17, 15) is 9.90 Å². The fourth-order valence-electron chi connectivity index (χ4n) is 6.01. The van der Waals surface area contributed by atoms with E-state index in [1.165, 1.54) is 25.7 Å². The van der Waals surface area contributed by atoms with E-state index < -0.39 is 0 Å². The van der Waals surface area contributed by atoms with Crippen LogP contribution < -0.4 is 9.47 Å². The number of benzene rings is 4. The van der Waals surface area contributed by atoms with Gasteiger partial charge in [0.2, 0.25) is 0 Å². The summed E-state index contributed by atoms with van der Waals surface area (Å²) in [7, 11) is 0. The summed E-state index contributed by atoms with van der Waals surface area (Å²) in [5, 5.41) is 13.7. The Balaban J connectivity index is 0.000000161. The summed E-state index contributed by atoms with van der Waals surface area (Å²) in [6.45, 7) is 4.72. The molecular formula is C36H42O4. The minimum atomic E-state index is 0.0849. The topological polar surface area (TPSA) is 55.8 Å². The molecule has 210 valence electrons. The maximum absolute atomic E-state index is 10.9. The second-order valence-electron chi connectivity index (χ2n) is 11.8.